The Kier molecular flexibility index (Phi) is 24.2. The molecular weight excluding hydrogens is 424 g/mol. The van der Waals surface area contributed by atoms with E-state index in [2.05, 4.69) is 23.8 Å². The van der Waals surface area contributed by atoms with Gasteiger partial charge in [0.05, 0.1) is 0 Å². The Bertz CT molecular complexity index is 495. The number of imidazole rings is 1. The predicted molar refractivity (Wildman–Crippen MR) is 157 cm³/mol. The molecule has 2 nitrogen and oxygen atoms in total. The Morgan fingerprint density at radius 2 is 0.886 bits per heavy atom. The molecule has 0 aliphatic heterocycles. The predicted octanol–water partition coefficient (Wildman–Crippen LogP) is 11.8. The lowest BCUT2D eigenvalue weighted by Crippen LogP contribution is -2.04. The molecule has 0 bridgehead atoms. The van der Waals surface area contributed by atoms with Gasteiger partial charge in [0.15, 0.2) is 0 Å². The first-order valence-corrected chi connectivity index (χ1v) is 16.3. The van der Waals surface area contributed by atoms with Crippen LogP contribution in [0.3, 0.4) is 0 Å². The third-order valence-electron chi connectivity index (χ3n) is 8.03. The van der Waals surface area contributed by atoms with Crippen molar-refractivity contribution in [2.75, 3.05) is 0 Å². The highest BCUT2D eigenvalue weighted by molar-refractivity contribution is 4.87. The molecule has 0 aliphatic rings. The normalized spacial score (nSPS) is 12.4. The zero-order valence-corrected chi connectivity index (χ0v) is 24.3. The van der Waals surface area contributed by atoms with E-state index < -0.39 is 0 Å². The summed E-state index contributed by atoms with van der Waals surface area (Å²) < 4.78 is 0. The van der Waals surface area contributed by atoms with Crippen LogP contribution in [0.2, 0.25) is 0 Å². The number of H-pyrrole nitrogens is 1. The van der Waals surface area contributed by atoms with Gasteiger partial charge >= 0.3 is 0 Å². The Balaban J connectivity index is 2.02. The van der Waals surface area contributed by atoms with E-state index in [0.29, 0.717) is 0 Å². The minimum absolute atomic E-state index is 0.904. The monoisotopic (exact) mass is 489 g/mol. The van der Waals surface area contributed by atoms with Gasteiger partial charge in [0.1, 0.15) is 5.82 Å². The van der Waals surface area contributed by atoms with Crippen LogP contribution in [-0.2, 0) is 6.42 Å². The zero-order valence-electron chi connectivity index (χ0n) is 24.3. The molecule has 206 valence electrons. The van der Waals surface area contributed by atoms with E-state index in [1.807, 2.05) is 12.4 Å². The first-order valence-electron chi connectivity index (χ1n) is 16.3. The van der Waals surface area contributed by atoms with Crippen molar-refractivity contribution in [2.45, 2.75) is 187 Å². The Labute approximate surface area is 221 Å². The summed E-state index contributed by atoms with van der Waals surface area (Å²) in [7, 11) is 0. The summed E-state index contributed by atoms with van der Waals surface area (Å²) in [5, 5.41) is 0. The number of aryl methyl sites for hydroxylation is 1. The highest BCUT2D eigenvalue weighted by Crippen LogP contribution is 2.23. The van der Waals surface area contributed by atoms with E-state index in [-0.39, 0.29) is 0 Å². The van der Waals surface area contributed by atoms with E-state index in [0.717, 1.165) is 12.3 Å². The zero-order chi connectivity index (χ0) is 25.1. The molecule has 0 aliphatic carbocycles. The fourth-order valence-electron chi connectivity index (χ4n) is 5.58. The van der Waals surface area contributed by atoms with Gasteiger partial charge in [0, 0.05) is 18.8 Å². The van der Waals surface area contributed by atoms with Gasteiger partial charge in [-0.2, -0.15) is 0 Å². The van der Waals surface area contributed by atoms with E-state index in [1.165, 1.54) is 173 Å². The number of nitrogens with one attached hydrogen (secondary N) is 1. The summed E-state index contributed by atoms with van der Waals surface area (Å²) in [5.41, 5.74) is 0. The third kappa shape index (κ3) is 22.2. The van der Waals surface area contributed by atoms with Gasteiger partial charge < -0.3 is 4.98 Å². The fraction of sp³-hybridized carbons (Fsp3) is 0.909. The minimum atomic E-state index is 0.904. The van der Waals surface area contributed by atoms with Crippen molar-refractivity contribution in [1.82, 2.24) is 9.97 Å². The van der Waals surface area contributed by atoms with Crippen molar-refractivity contribution in [2.24, 2.45) is 5.92 Å². The highest BCUT2D eigenvalue weighted by atomic mass is 14.9. The molecule has 1 heterocycles. The third-order valence-corrected chi connectivity index (χ3v) is 8.03. The first kappa shape index (κ1) is 32.2. The van der Waals surface area contributed by atoms with Crippen molar-refractivity contribution in [3.8, 4) is 0 Å². The van der Waals surface area contributed by atoms with Crippen LogP contribution in [0.5, 0.6) is 0 Å². The quantitative estimate of drug-likeness (QED) is 0.117. The number of unbranched alkanes of at least 4 members (excludes halogenated alkanes) is 21. The Morgan fingerprint density at radius 1 is 0.514 bits per heavy atom. The maximum absolute atomic E-state index is 4.46. The van der Waals surface area contributed by atoms with Gasteiger partial charge in [0.2, 0.25) is 0 Å². The number of aromatic nitrogens is 2. The lowest BCUT2D eigenvalue weighted by atomic mass is 9.90. The van der Waals surface area contributed by atoms with Crippen molar-refractivity contribution in [3.05, 3.63) is 18.2 Å². The largest absolute Gasteiger partial charge is 0.349 e. The molecule has 2 heteroatoms. The molecule has 0 radical (unpaired) electrons. The van der Waals surface area contributed by atoms with Crippen LogP contribution in [0.15, 0.2) is 12.4 Å². The number of hydrogen-bond acceptors (Lipinski definition) is 1. The second-order valence-electron chi connectivity index (χ2n) is 11.4. The molecule has 1 aromatic heterocycles. The van der Waals surface area contributed by atoms with Crippen LogP contribution in [0.1, 0.15) is 187 Å². The second-order valence-corrected chi connectivity index (χ2v) is 11.4. The Morgan fingerprint density at radius 3 is 1.23 bits per heavy atom. The van der Waals surface area contributed by atoms with Gasteiger partial charge in [-0.15, -0.1) is 0 Å². The standard InChI is InChI=1S/C33H64N2/c1-3-5-7-9-11-13-15-16-17-19-21-23-25-27-32(28-29-33-34-30-31-35-33)26-24-22-20-18-14-12-10-8-6-4-2/h30-32H,3-29H2,1-2H3,(H,34,35). The summed E-state index contributed by atoms with van der Waals surface area (Å²) in [6, 6.07) is 0. The highest BCUT2D eigenvalue weighted by Gasteiger charge is 2.10. The molecule has 1 rings (SSSR count). The average molecular weight is 489 g/mol. The van der Waals surface area contributed by atoms with Crippen molar-refractivity contribution in [1.29, 1.82) is 0 Å². The lowest BCUT2D eigenvalue weighted by Gasteiger charge is -2.16. The number of nitrogens with zero attached hydrogens (tertiary/aromatic N) is 1. The van der Waals surface area contributed by atoms with Crippen LogP contribution in [0, 0.1) is 5.92 Å². The molecule has 0 fully saturated rings. The molecule has 0 saturated carbocycles. The van der Waals surface area contributed by atoms with E-state index >= 15 is 0 Å². The maximum Gasteiger partial charge on any atom is 0.106 e. The van der Waals surface area contributed by atoms with Gasteiger partial charge in [-0.1, -0.05) is 174 Å². The van der Waals surface area contributed by atoms with Crippen molar-refractivity contribution < 1.29 is 0 Å². The van der Waals surface area contributed by atoms with E-state index in [4.69, 9.17) is 0 Å². The van der Waals surface area contributed by atoms with E-state index in [9.17, 15) is 0 Å². The first-order chi connectivity index (χ1) is 17.4. The molecule has 0 saturated heterocycles. The van der Waals surface area contributed by atoms with Gasteiger partial charge in [-0.25, -0.2) is 4.98 Å². The van der Waals surface area contributed by atoms with Gasteiger partial charge in [0.25, 0.3) is 0 Å². The molecule has 35 heavy (non-hydrogen) atoms. The summed E-state index contributed by atoms with van der Waals surface area (Å²) in [6.45, 7) is 4.61. The molecule has 1 N–H and O–H groups in total. The summed E-state index contributed by atoms with van der Waals surface area (Å²) >= 11 is 0. The average Bonchev–Trinajstić information content (AvgIpc) is 3.39. The number of hydrogen-bond donors (Lipinski definition) is 1. The molecule has 0 spiro atoms. The van der Waals surface area contributed by atoms with Crippen LogP contribution < -0.4 is 0 Å². The van der Waals surface area contributed by atoms with Gasteiger partial charge in [-0.3, -0.25) is 0 Å². The molecular formula is C33H64N2. The molecule has 1 unspecified atom stereocenters. The summed E-state index contributed by atoms with van der Waals surface area (Å²) in [4.78, 5) is 7.77. The van der Waals surface area contributed by atoms with Crippen LogP contribution in [0.4, 0.5) is 0 Å². The second kappa shape index (κ2) is 26.3. The maximum atomic E-state index is 4.46. The minimum Gasteiger partial charge on any atom is -0.349 e. The van der Waals surface area contributed by atoms with Crippen LogP contribution >= 0.6 is 0 Å². The van der Waals surface area contributed by atoms with E-state index in [1.54, 1.807) is 0 Å². The summed E-state index contributed by atoms with van der Waals surface area (Å²) in [6.07, 6.45) is 42.5. The van der Waals surface area contributed by atoms with Crippen molar-refractivity contribution >= 4 is 0 Å². The summed E-state index contributed by atoms with van der Waals surface area (Å²) in [5.74, 6) is 2.09. The number of rotatable bonds is 28. The molecule has 0 aromatic carbocycles. The topological polar surface area (TPSA) is 28.7 Å². The molecule has 0 amide bonds. The Hall–Kier alpha value is -0.790. The van der Waals surface area contributed by atoms with Crippen LogP contribution in [-0.4, -0.2) is 9.97 Å². The smallest absolute Gasteiger partial charge is 0.106 e. The van der Waals surface area contributed by atoms with Crippen LogP contribution in [0.25, 0.3) is 0 Å². The SMILES string of the molecule is CCCCCCCCCCCCCCCC(CCCCCCCCCCCC)CCc1ncc[nH]1. The van der Waals surface area contributed by atoms with Crippen molar-refractivity contribution in [3.63, 3.8) is 0 Å². The fourth-order valence-corrected chi connectivity index (χ4v) is 5.58. The lowest BCUT2D eigenvalue weighted by molar-refractivity contribution is 0.378. The molecule has 1 atom stereocenters. The molecule has 1 aromatic rings. The van der Waals surface area contributed by atoms with Gasteiger partial charge in [-0.05, 0) is 12.3 Å². The number of aromatic amines is 1.